The van der Waals surface area contributed by atoms with E-state index in [4.69, 9.17) is 15.5 Å². The number of amides is 1. The van der Waals surface area contributed by atoms with Crippen LogP contribution in [0.5, 0.6) is 5.75 Å². The second-order valence-corrected chi connectivity index (χ2v) is 13.4. The van der Waals surface area contributed by atoms with Gasteiger partial charge in [-0.2, -0.15) is 0 Å². The van der Waals surface area contributed by atoms with Crippen molar-refractivity contribution in [2.75, 3.05) is 17.2 Å². The maximum Gasteiger partial charge on any atom is 0.268 e. The first-order valence-electron chi connectivity index (χ1n) is 14.6. The Morgan fingerprint density at radius 1 is 1.05 bits per heavy atom. The van der Waals surface area contributed by atoms with Crippen LogP contribution in [0.2, 0.25) is 0 Å². The van der Waals surface area contributed by atoms with Crippen molar-refractivity contribution in [3.8, 4) is 17.0 Å². The van der Waals surface area contributed by atoms with Crippen molar-refractivity contribution in [2.24, 2.45) is 5.92 Å². The average Bonchev–Trinajstić information content (AvgIpc) is 3.29. The number of aromatic nitrogens is 1. The molecule has 44 heavy (non-hydrogen) atoms. The van der Waals surface area contributed by atoms with Crippen LogP contribution in [0.25, 0.3) is 11.3 Å². The van der Waals surface area contributed by atoms with Gasteiger partial charge in [0.1, 0.15) is 17.4 Å². The molecule has 0 aliphatic carbocycles. The first-order chi connectivity index (χ1) is 20.9. The molecule has 1 fully saturated rings. The number of halogens is 1. The van der Waals surface area contributed by atoms with Crippen molar-refractivity contribution in [2.45, 2.75) is 57.0 Å². The van der Waals surface area contributed by atoms with Crippen molar-refractivity contribution in [3.05, 3.63) is 102 Å². The van der Waals surface area contributed by atoms with Crippen LogP contribution in [-0.4, -0.2) is 38.0 Å². The van der Waals surface area contributed by atoms with Crippen LogP contribution in [-0.2, 0) is 10.0 Å². The number of carbonyl (C=O) groups excluding carboxylic acids is 1. The Morgan fingerprint density at radius 3 is 2.50 bits per heavy atom. The normalized spacial score (nSPS) is 18.4. The monoisotopic (exact) mass is 616 g/mol. The molecule has 3 unspecified atom stereocenters. The minimum atomic E-state index is -4.23. The fourth-order valence-electron chi connectivity index (χ4n) is 5.75. The minimum Gasteiger partial charge on any atom is -0.493 e. The smallest absolute Gasteiger partial charge is 0.268 e. The highest BCUT2D eigenvalue weighted by Gasteiger charge is 2.39. The van der Waals surface area contributed by atoms with Gasteiger partial charge in [0.25, 0.3) is 15.9 Å². The Kier molecular flexibility index (Phi) is 8.92. The number of nitrogen functional groups attached to an aromatic ring is 1. The first-order valence-corrected chi connectivity index (χ1v) is 16.1. The lowest BCUT2D eigenvalue weighted by molar-refractivity contribution is 0.0981. The number of benzene rings is 3. The van der Waals surface area contributed by atoms with E-state index in [0.29, 0.717) is 29.4 Å². The SMILES string of the molecule is CC(C)COc1cc(F)cc(-c2ccc(C(=O)NS(=O)(=O)c3cccc(N)c3)c(N3C(C)CC(c4ccccc4)C3C)n2)c1. The summed E-state index contributed by atoms with van der Waals surface area (Å²) >= 11 is 0. The average molecular weight is 617 g/mol. The van der Waals surface area contributed by atoms with Crippen molar-refractivity contribution in [1.29, 1.82) is 0 Å². The summed E-state index contributed by atoms with van der Waals surface area (Å²) in [5, 5.41) is 0. The van der Waals surface area contributed by atoms with Gasteiger partial charge in [-0.05, 0) is 74.2 Å². The largest absolute Gasteiger partial charge is 0.493 e. The zero-order chi connectivity index (χ0) is 31.6. The van der Waals surface area contributed by atoms with Crippen LogP contribution in [0.4, 0.5) is 15.9 Å². The number of hydrogen-bond donors (Lipinski definition) is 2. The lowest BCUT2D eigenvalue weighted by atomic mass is 9.92. The molecule has 1 amide bonds. The van der Waals surface area contributed by atoms with Gasteiger partial charge in [-0.1, -0.05) is 50.2 Å². The summed E-state index contributed by atoms with van der Waals surface area (Å²) in [6.07, 6.45) is 0.799. The zero-order valence-corrected chi connectivity index (χ0v) is 26.0. The van der Waals surface area contributed by atoms with Crippen LogP contribution in [0, 0.1) is 11.7 Å². The third kappa shape index (κ3) is 6.70. The van der Waals surface area contributed by atoms with Crippen LogP contribution in [0.1, 0.15) is 56.0 Å². The van der Waals surface area contributed by atoms with Crippen molar-refractivity contribution >= 4 is 27.4 Å². The highest BCUT2D eigenvalue weighted by molar-refractivity contribution is 7.90. The molecule has 5 rings (SSSR count). The topological polar surface area (TPSA) is 115 Å². The van der Waals surface area contributed by atoms with Gasteiger partial charge in [-0.25, -0.2) is 22.5 Å². The van der Waals surface area contributed by atoms with Gasteiger partial charge in [0.05, 0.1) is 22.8 Å². The zero-order valence-electron chi connectivity index (χ0n) is 25.2. The number of ether oxygens (including phenoxy) is 1. The molecule has 1 aromatic heterocycles. The number of nitrogens with two attached hydrogens (primary N) is 1. The quantitative estimate of drug-likeness (QED) is 0.209. The number of anilines is 2. The Hall–Kier alpha value is -4.44. The van der Waals surface area contributed by atoms with Crippen molar-refractivity contribution < 1.29 is 22.3 Å². The maximum atomic E-state index is 14.7. The van der Waals surface area contributed by atoms with E-state index in [1.807, 2.05) is 32.0 Å². The summed E-state index contributed by atoms with van der Waals surface area (Å²) in [6.45, 7) is 8.56. The highest BCUT2D eigenvalue weighted by Crippen LogP contribution is 2.41. The molecule has 4 aromatic rings. The van der Waals surface area contributed by atoms with E-state index < -0.39 is 21.7 Å². The summed E-state index contributed by atoms with van der Waals surface area (Å²) in [5.74, 6) is -0.220. The van der Waals surface area contributed by atoms with Gasteiger partial charge < -0.3 is 15.4 Å². The molecule has 1 saturated heterocycles. The molecule has 1 aliphatic heterocycles. The summed E-state index contributed by atoms with van der Waals surface area (Å²) in [4.78, 5) is 20.5. The molecule has 0 bridgehead atoms. The molecule has 3 atom stereocenters. The third-order valence-corrected chi connectivity index (χ3v) is 9.16. The second-order valence-electron chi connectivity index (χ2n) is 11.7. The molecule has 8 nitrogen and oxygen atoms in total. The van der Waals surface area contributed by atoms with Crippen molar-refractivity contribution in [1.82, 2.24) is 9.71 Å². The molecule has 0 radical (unpaired) electrons. The number of hydrogen-bond acceptors (Lipinski definition) is 7. The highest BCUT2D eigenvalue weighted by atomic mass is 32.2. The number of nitrogens with one attached hydrogen (secondary N) is 1. The van der Waals surface area contributed by atoms with Crippen LogP contribution >= 0.6 is 0 Å². The van der Waals surface area contributed by atoms with Gasteiger partial charge in [-0.3, -0.25) is 4.79 Å². The molecule has 10 heteroatoms. The molecular weight excluding hydrogens is 579 g/mol. The van der Waals surface area contributed by atoms with Gasteiger partial charge >= 0.3 is 0 Å². The fraction of sp³-hybridized carbons (Fsp3) is 0.294. The summed E-state index contributed by atoms with van der Waals surface area (Å²) in [6, 6.07) is 23.3. The fourth-order valence-corrected chi connectivity index (χ4v) is 6.77. The standard InChI is InChI=1S/C34H37FN4O4S/c1-21(2)20-43-28-17-25(16-26(35)18-28)32-14-13-30(34(40)38-44(41,42)29-12-8-11-27(36)19-29)33(37-32)39-22(3)15-31(23(39)4)24-9-6-5-7-10-24/h5-14,16-19,21-23,31H,15,20,36H2,1-4H3,(H,38,40). The molecule has 0 saturated carbocycles. The molecule has 0 spiro atoms. The maximum absolute atomic E-state index is 14.7. The molecule has 230 valence electrons. The van der Waals surface area contributed by atoms with E-state index in [0.717, 1.165) is 12.0 Å². The van der Waals surface area contributed by atoms with Gasteiger partial charge in [0.2, 0.25) is 0 Å². The van der Waals surface area contributed by atoms with Gasteiger partial charge in [0.15, 0.2) is 0 Å². The van der Waals surface area contributed by atoms with Gasteiger partial charge in [-0.15, -0.1) is 0 Å². The van der Waals surface area contributed by atoms with Crippen LogP contribution < -0.4 is 20.1 Å². The van der Waals surface area contributed by atoms with E-state index in [1.165, 1.54) is 36.4 Å². The molecule has 3 N–H and O–H groups in total. The Morgan fingerprint density at radius 2 is 1.80 bits per heavy atom. The molecule has 3 aromatic carbocycles. The number of carbonyl (C=O) groups is 1. The van der Waals surface area contributed by atoms with E-state index in [2.05, 4.69) is 35.6 Å². The van der Waals surface area contributed by atoms with E-state index in [9.17, 15) is 17.6 Å². The third-order valence-electron chi connectivity index (χ3n) is 7.83. The lowest BCUT2D eigenvalue weighted by Crippen LogP contribution is -2.38. The number of pyridine rings is 1. The molecular formula is C34H37FN4O4S. The van der Waals surface area contributed by atoms with Gasteiger partial charge in [0, 0.05) is 35.3 Å². The number of rotatable bonds is 9. The van der Waals surface area contributed by atoms with Crippen LogP contribution in [0.3, 0.4) is 0 Å². The summed E-state index contributed by atoms with van der Waals surface area (Å²) in [5.41, 5.74) is 8.20. The van der Waals surface area contributed by atoms with E-state index in [-0.39, 0.29) is 40.1 Å². The summed E-state index contributed by atoms with van der Waals surface area (Å²) in [7, 11) is -4.23. The summed E-state index contributed by atoms with van der Waals surface area (Å²) < 4.78 is 49.0. The molecule has 2 heterocycles. The number of sulfonamides is 1. The predicted molar refractivity (Wildman–Crippen MR) is 171 cm³/mol. The molecule has 1 aliphatic rings. The Bertz CT molecular complexity index is 1760. The number of nitrogens with zero attached hydrogens (tertiary/aromatic N) is 2. The minimum absolute atomic E-state index is 0.0347. The first kappa shape index (κ1) is 31.0. The van der Waals surface area contributed by atoms with Crippen LogP contribution in [0.15, 0.2) is 89.8 Å². The Labute approximate surface area is 258 Å². The van der Waals surface area contributed by atoms with E-state index in [1.54, 1.807) is 18.2 Å². The Balaban J connectivity index is 1.57. The van der Waals surface area contributed by atoms with E-state index >= 15 is 0 Å². The second kappa shape index (κ2) is 12.7. The lowest BCUT2D eigenvalue weighted by Gasteiger charge is -2.31. The predicted octanol–water partition coefficient (Wildman–Crippen LogP) is 6.39. The van der Waals surface area contributed by atoms with Crippen molar-refractivity contribution in [3.63, 3.8) is 0 Å².